The Labute approximate surface area is 91.6 Å². The molecule has 0 atom stereocenters. The first-order valence-electron chi connectivity index (χ1n) is 4.72. The third kappa shape index (κ3) is 1.46. The van der Waals surface area contributed by atoms with Gasteiger partial charge in [0.15, 0.2) is 5.78 Å². The van der Waals surface area contributed by atoms with Gasteiger partial charge in [-0.3, -0.25) is 4.79 Å². The van der Waals surface area contributed by atoms with Crippen LogP contribution < -0.4 is 0 Å². The Morgan fingerprint density at radius 3 is 2.62 bits per heavy atom. The van der Waals surface area contributed by atoms with E-state index >= 15 is 0 Å². The second kappa shape index (κ2) is 3.77. The number of Topliss-reactive ketones (excluding diaryl/α,β-unsaturated/α-hetero) is 1. The molecule has 5 nitrogen and oxygen atoms in total. The summed E-state index contributed by atoms with van der Waals surface area (Å²) in [4.78, 5) is 22.8. The third-order valence-electron chi connectivity index (χ3n) is 2.27. The van der Waals surface area contributed by atoms with E-state index in [2.05, 4.69) is 9.84 Å². The fraction of sp³-hybridized carbons (Fsp3) is 0.182. The Balaban J connectivity index is 2.76. The molecular formula is C11H10N2O3. The maximum atomic E-state index is 11.4. The largest absolute Gasteiger partial charge is 0.451 e. The van der Waals surface area contributed by atoms with Gasteiger partial charge < -0.3 is 4.74 Å². The highest BCUT2D eigenvalue weighted by Crippen LogP contribution is 2.18. The molecular weight excluding hydrogens is 208 g/mol. The first kappa shape index (κ1) is 10.4. The molecule has 0 aliphatic rings. The quantitative estimate of drug-likeness (QED) is 0.685. The van der Waals surface area contributed by atoms with Gasteiger partial charge in [0.1, 0.15) is 5.69 Å². The zero-order valence-electron chi connectivity index (χ0n) is 8.93. The van der Waals surface area contributed by atoms with E-state index < -0.39 is 6.09 Å². The van der Waals surface area contributed by atoms with E-state index in [1.165, 1.54) is 14.0 Å². The normalized spacial score (nSPS) is 10.4. The van der Waals surface area contributed by atoms with Gasteiger partial charge in [0.05, 0.1) is 12.6 Å². The summed E-state index contributed by atoms with van der Waals surface area (Å²) in [6.07, 6.45) is -0.608. The summed E-state index contributed by atoms with van der Waals surface area (Å²) >= 11 is 0. The summed E-state index contributed by atoms with van der Waals surface area (Å²) in [5.41, 5.74) is 0.848. The summed E-state index contributed by atoms with van der Waals surface area (Å²) in [5.74, 6) is -0.182. The Morgan fingerprint density at radius 2 is 2.00 bits per heavy atom. The average molecular weight is 218 g/mol. The molecule has 0 fully saturated rings. The Hall–Kier alpha value is -2.17. The molecule has 2 aromatic rings. The van der Waals surface area contributed by atoms with Crippen molar-refractivity contribution in [3.8, 4) is 0 Å². The van der Waals surface area contributed by atoms with Crippen LogP contribution in [0.5, 0.6) is 0 Å². The van der Waals surface area contributed by atoms with Crippen molar-refractivity contribution in [1.82, 2.24) is 9.78 Å². The minimum absolute atomic E-state index is 0.182. The minimum Gasteiger partial charge on any atom is -0.451 e. The van der Waals surface area contributed by atoms with E-state index in [4.69, 9.17) is 0 Å². The van der Waals surface area contributed by atoms with Crippen molar-refractivity contribution >= 4 is 22.8 Å². The lowest BCUT2D eigenvalue weighted by molar-refractivity contribution is 0.101. The Morgan fingerprint density at radius 1 is 1.31 bits per heavy atom. The Kier molecular flexibility index (Phi) is 2.44. The minimum atomic E-state index is -0.608. The molecule has 2 rings (SSSR count). The number of aromatic nitrogens is 2. The molecule has 5 heteroatoms. The molecule has 16 heavy (non-hydrogen) atoms. The number of fused-ring (bicyclic) bond motifs is 1. The number of benzene rings is 1. The maximum absolute atomic E-state index is 11.4. The van der Waals surface area contributed by atoms with Crippen LogP contribution in [0.2, 0.25) is 0 Å². The van der Waals surface area contributed by atoms with Crippen LogP contribution in [0, 0.1) is 0 Å². The zero-order valence-corrected chi connectivity index (χ0v) is 8.93. The van der Waals surface area contributed by atoms with E-state index in [1.807, 2.05) is 0 Å². The lowest BCUT2D eigenvalue weighted by Crippen LogP contribution is -2.13. The summed E-state index contributed by atoms with van der Waals surface area (Å²) < 4.78 is 5.68. The number of nitrogens with zero attached hydrogens (tertiary/aromatic N) is 2. The number of carbonyl (C=O) groups excluding carboxylic acids is 2. The van der Waals surface area contributed by atoms with E-state index in [9.17, 15) is 9.59 Å². The molecule has 0 saturated heterocycles. The molecule has 0 saturated carbocycles. The molecule has 0 aliphatic carbocycles. The summed E-state index contributed by atoms with van der Waals surface area (Å²) in [5, 5.41) is 4.61. The number of hydrogen-bond acceptors (Lipinski definition) is 4. The molecule has 1 aromatic carbocycles. The van der Waals surface area contributed by atoms with Crippen molar-refractivity contribution in [3.63, 3.8) is 0 Å². The second-order valence-corrected chi connectivity index (χ2v) is 3.30. The number of methoxy groups -OCH3 is 1. The van der Waals surface area contributed by atoms with Crippen molar-refractivity contribution < 1.29 is 14.3 Å². The van der Waals surface area contributed by atoms with Crippen LogP contribution in [0.3, 0.4) is 0 Å². The van der Waals surface area contributed by atoms with Gasteiger partial charge in [-0.1, -0.05) is 18.2 Å². The van der Waals surface area contributed by atoms with Gasteiger partial charge in [-0.05, 0) is 6.07 Å². The highest BCUT2D eigenvalue weighted by Gasteiger charge is 2.17. The van der Waals surface area contributed by atoms with Crippen LogP contribution in [-0.4, -0.2) is 28.8 Å². The highest BCUT2D eigenvalue weighted by atomic mass is 16.5. The van der Waals surface area contributed by atoms with Gasteiger partial charge in [-0.15, -0.1) is 0 Å². The lowest BCUT2D eigenvalue weighted by atomic mass is 10.2. The van der Waals surface area contributed by atoms with E-state index in [1.54, 1.807) is 24.3 Å². The lowest BCUT2D eigenvalue weighted by Gasteiger charge is -1.98. The van der Waals surface area contributed by atoms with Crippen LogP contribution in [0.1, 0.15) is 17.4 Å². The zero-order chi connectivity index (χ0) is 11.7. The van der Waals surface area contributed by atoms with Gasteiger partial charge in [0, 0.05) is 12.3 Å². The van der Waals surface area contributed by atoms with E-state index in [0.29, 0.717) is 10.9 Å². The standard InChI is InChI=1S/C11H10N2O3/c1-7(14)10-8-5-3-4-6-9(8)13(12-10)11(15)16-2/h3-6H,1-2H3. The van der Waals surface area contributed by atoms with Gasteiger partial charge in [0.2, 0.25) is 0 Å². The topological polar surface area (TPSA) is 61.2 Å². The number of carbonyl (C=O) groups is 2. The predicted octanol–water partition coefficient (Wildman–Crippen LogP) is 1.85. The SMILES string of the molecule is COC(=O)n1nc(C(C)=O)c2ccccc21. The maximum Gasteiger partial charge on any atom is 0.434 e. The van der Waals surface area contributed by atoms with Crippen molar-refractivity contribution in [2.24, 2.45) is 0 Å². The van der Waals surface area contributed by atoms with Crippen LogP contribution in [0.25, 0.3) is 10.9 Å². The molecule has 1 heterocycles. The molecule has 0 amide bonds. The van der Waals surface area contributed by atoms with E-state index in [0.717, 1.165) is 4.68 Å². The van der Waals surface area contributed by atoms with E-state index in [-0.39, 0.29) is 11.5 Å². The summed E-state index contributed by atoms with van der Waals surface area (Å²) in [6.45, 7) is 1.41. The fourth-order valence-corrected chi connectivity index (χ4v) is 1.55. The van der Waals surface area contributed by atoms with Crippen molar-refractivity contribution in [1.29, 1.82) is 0 Å². The van der Waals surface area contributed by atoms with Crippen LogP contribution in [0.15, 0.2) is 24.3 Å². The average Bonchev–Trinajstić information content (AvgIpc) is 2.67. The molecule has 0 aliphatic heterocycles. The first-order chi connectivity index (χ1) is 7.65. The van der Waals surface area contributed by atoms with Crippen molar-refractivity contribution in [2.75, 3.05) is 7.11 Å². The number of hydrogen-bond donors (Lipinski definition) is 0. The molecule has 1 aromatic heterocycles. The highest BCUT2D eigenvalue weighted by molar-refractivity contribution is 6.06. The molecule has 82 valence electrons. The van der Waals surface area contributed by atoms with Crippen LogP contribution in [-0.2, 0) is 4.74 Å². The monoisotopic (exact) mass is 218 g/mol. The number of para-hydroxylation sites is 1. The number of ether oxygens (including phenoxy) is 1. The third-order valence-corrected chi connectivity index (χ3v) is 2.27. The Bertz CT molecular complexity index is 572. The number of ketones is 1. The summed E-state index contributed by atoms with van der Waals surface area (Å²) in [7, 11) is 1.27. The number of rotatable bonds is 1. The van der Waals surface area contributed by atoms with Crippen molar-refractivity contribution in [2.45, 2.75) is 6.92 Å². The smallest absolute Gasteiger partial charge is 0.434 e. The van der Waals surface area contributed by atoms with Gasteiger partial charge in [-0.25, -0.2) is 4.79 Å². The van der Waals surface area contributed by atoms with Crippen LogP contribution in [0.4, 0.5) is 4.79 Å². The second-order valence-electron chi connectivity index (χ2n) is 3.30. The molecule has 0 radical (unpaired) electrons. The van der Waals surface area contributed by atoms with Gasteiger partial charge in [-0.2, -0.15) is 9.78 Å². The molecule has 0 unspecified atom stereocenters. The van der Waals surface area contributed by atoms with Gasteiger partial charge >= 0.3 is 6.09 Å². The molecule has 0 bridgehead atoms. The first-order valence-corrected chi connectivity index (χ1v) is 4.72. The summed E-state index contributed by atoms with van der Waals surface area (Å²) in [6, 6.07) is 7.02. The molecule has 0 spiro atoms. The molecule has 0 N–H and O–H groups in total. The van der Waals surface area contributed by atoms with Crippen molar-refractivity contribution in [3.05, 3.63) is 30.0 Å². The predicted molar refractivity (Wildman–Crippen MR) is 57.5 cm³/mol. The van der Waals surface area contributed by atoms with Crippen LogP contribution >= 0.6 is 0 Å². The van der Waals surface area contributed by atoms with Gasteiger partial charge in [0.25, 0.3) is 0 Å². The fourth-order valence-electron chi connectivity index (χ4n) is 1.55.